The highest BCUT2D eigenvalue weighted by atomic mass is 15.0. The van der Waals surface area contributed by atoms with Gasteiger partial charge in [-0.25, -0.2) is 4.98 Å². The first-order valence-corrected chi connectivity index (χ1v) is 23.4. The molecule has 9 aromatic rings. The summed E-state index contributed by atoms with van der Waals surface area (Å²) < 4.78 is 2.40. The number of para-hydroxylation sites is 1. The smallest absolute Gasteiger partial charge is 0.141 e. The largest absolute Gasteiger partial charge is 0.292 e. The highest BCUT2D eigenvalue weighted by Gasteiger charge is 2.57. The fourth-order valence-electron chi connectivity index (χ4n) is 12.0. The van der Waals surface area contributed by atoms with E-state index < -0.39 is 0 Å². The van der Waals surface area contributed by atoms with Gasteiger partial charge < -0.3 is 0 Å². The molecule has 3 nitrogen and oxygen atoms in total. The lowest BCUT2D eigenvalue weighted by atomic mass is 9.65. The van der Waals surface area contributed by atoms with E-state index in [1.807, 2.05) is 36.5 Å². The SMILES string of the molecule is C/C=C\c1c(C)nc2c3c(c4cc(-c5ccc6c(c5)C5(c7ccccc7-c7ccc(-c8cccc(-c9ccccc9C=Nc9ccccc9)c8)cc75)C5C=CC=CC65)ccc4n12)C=CCC3. The summed E-state index contributed by atoms with van der Waals surface area (Å²) in [6.07, 6.45) is 22.5. The molecule has 4 aliphatic rings. The number of imidazole rings is 1. The van der Waals surface area contributed by atoms with Gasteiger partial charge in [-0.2, -0.15) is 0 Å². The van der Waals surface area contributed by atoms with Crippen LogP contribution in [-0.2, 0) is 11.8 Å². The first-order chi connectivity index (χ1) is 32.6. The van der Waals surface area contributed by atoms with E-state index in [0.29, 0.717) is 0 Å². The molecule has 0 bridgehead atoms. The molecule has 3 atom stereocenters. The summed E-state index contributed by atoms with van der Waals surface area (Å²) in [6.45, 7) is 4.23. The lowest BCUT2D eigenvalue weighted by Gasteiger charge is -2.36. The van der Waals surface area contributed by atoms with Gasteiger partial charge in [-0.1, -0.05) is 158 Å². The fourth-order valence-corrected chi connectivity index (χ4v) is 12.0. The number of benzene rings is 7. The predicted molar refractivity (Wildman–Crippen MR) is 276 cm³/mol. The molecule has 3 unspecified atom stereocenters. The van der Waals surface area contributed by atoms with E-state index in [-0.39, 0.29) is 17.3 Å². The zero-order chi connectivity index (χ0) is 43.9. The second-order valence-corrected chi connectivity index (χ2v) is 18.3. The van der Waals surface area contributed by atoms with E-state index >= 15 is 0 Å². The Morgan fingerprint density at radius 3 is 2.27 bits per heavy atom. The van der Waals surface area contributed by atoms with Crippen LogP contribution < -0.4 is 0 Å². The minimum Gasteiger partial charge on any atom is -0.292 e. The van der Waals surface area contributed by atoms with Crippen molar-refractivity contribution in [1.29, 1.82) is 0 Å². The molecule has 314 valence electrons. The molecule has 2 aromatic heterocycles. The molecule has 0 N–H and O–H groups in total. The number of aromatic nitrogens is 2. The number of fused-ring (bicyclic) bond motifs is 16. The number of nitrogens with zero attached hydrogens (tertiary/aromatic N) is 3. The minimum absolute atomic E-state index is 0.226. The van der Waals surface area contributed by atoms with Crippen molar-refractivity contribution in [3.05, 3.63) is 245 Å². The van der Waals surface area contributed by atoms with E-state index in [1.54, 1.807) is 0 Å². The summed E-state index contributed by atoms with van der Waals surface area (Å²) in [5.41, 5.74) is 24.3. The zero-order valence-corrected chi connectivity index (χ0v) is 37.1. The predicted octanol–water partition coefficient (Wildman–Crippen LogP) is 15.7. The Balaban J connectivity index is 0.977. The molecule has 13 rings (SSSR count). The van der Waals surface area contributed by atoms with Crippen molar-refractivity contribution in [1.82, 2.24) is 9.38 Å². The molecule has 0 amide bonds. The van der Waals surface area contributed by atoms with E-state index in [4.69, 9.17) is 9.98 Å². The minimum atomic E-state index is -0.377. The van der Waals surface area contributed by atoms with Gasteiger partial charge in [-0.15, -0.1) is 0 Å². The third-order valence-corrected chi connectivity index (χ3v) is 14.9. The fraction of sp³-hybridized carbons (Fsp3) is 0.111. The van der Waals surface area contributed by atoms with Gasteiger partial charge in [0.25, 0.3) is 0 Å². The van der Waals surface area contributed by atoms with Crippen molar-refractivity contribution < 1.29 is 0 Å². The maximum atomic E-state index is 5.15. The molecule has 66 heavy (non-hydrogen) atoms. The van der Waals surface area contributed by atoms with Gasteiger partial charge in [0.15, 0.2) is 0 Å². The molecule has 2 heterocycles. The summed E-state index contributed by atoms with van der Waals surface area (Å²) >= 11 is 0. The van der Waals surface area contributed by atoms with Crippen molar-refractivity contribution in [3.63, 3.8) is 0 Å². The maximum absolute atomic E-state index is 5.15. The Bertz CT molecular complexity index is 3630. The Morgan fingerprint density at radius 1 is 0.652 bits per heavy atom. The number of allylic oxidation sites excluding steroid dienone is 6. The van der Waals surface area contributed by atoms with Crippen LogP contribution in [-0.4, -0.2) is 15.6 Å². The van der Waals surface area contributed by atoms with E-state index in [0.717, 1.165) is 46.7 Å². The monoisotopic (exact) mass is 845 g/mol. The van der Waals surface area contributed by atoms with Gasteiger partial charge in [-0.3, -0.25) is 9.39 Å². The van der Waals surface area contributed by atoms with Crippen molar-refractivity contribution >= 4 is 40.6 Å². The van der Waals surface area contributed by atoms with E-state index in [1.165, 1.54) is 83.2 Å². The third-order valence-electron chi connectivity index (χ3n) is 14.9. The number of aliphatic imine (C=N–C) groups is 1. The molecule has 0 saturated carbocycles. The van der Waals surface area contributed by atoms with Crippen LogP contribution in [0.5, 0.6) is 0 Å². The summed E-state index contributed by atoms with van der Waals surface area (Å²) in [7, 11) is 0. The van der Waals surface area contributed by atoms with E-state index in [9.17, 15) is 0 Å². The second kappa shape index (κ2) is 15.1. The van der Waals surface area contributed by atoms with Crippen LogP contribution in [0.1, 0.15) is 69.6 Å². The van der Waals surface area contributed by atoms with Crippen LogP contribution in [0, 0.1) is 12.8 Å². The van der Waals surface area contributed by atoms with Crippen LogP contribution >= 0.6 is 0 Å². The highest BCUT2D eigenvalue weighted by molar-refractivity contribution is 5.98. The summed E-state index contributed by atoms with van der Waals surface area (Å²) in [6, 6.07) is 58.7. The quantitative estimate of drug-likeness (QED) is 0.153. The standard InChI is InChI=1S/C63H47N3/c1-3-16-60-40(2)65-62-54-26-10-9-23-49(54)55-36-42(31-34-61(55)66(60)62)44-30-33-53-51-25-12-14-28-57(51)63(59(53)38-44)56-27-13-11-24-50(56)52-32-29-43(37-58(52)63)41-18-15-19-45(35-41)48-22-8-7-17-46(48)39-64-47-20-5-4-6-21-47/h3-9,11-25,27-39,51,57H,10,26H2,1-2H3/b16-3-,64-39?. The first-order valence-electron chi connectivity index (χ1n) is 23.4. The van der Waals surface area contributed by atoms with Gasteiger partial charge in [0.2, 0.25) is 0 Å². The molecule has 0 fully saturated rings. The number of pyridine rings is 1. The molecule has 3 heteroatoms. The van der Waals surface area contributed by atoms with Gasteiger partial charge >= 0.3 is 0 Å². The van der Waals surface area contributed by atoms with Crippen molar-refractivity contribution in [3.8, 4) is 44.5 Å². The number of aryl methyl sites for hydroxylation is 2. The lowest BCUT2D eigenvalue weighted by molar-refractivity contribution is 0.466. The van der Waals surface area contributed by atoms with E-state index in [2.05, 4.69) is 194 Å². The van der Waals surface area contributed by atoms with Crippen molar-refractivity contribution in [2.75, 3.05) is 0 Å². The third kappa shape index (κ3) is 5.69. The molecule has 7 aromatic carbocycles. The maximum Gasteiger partial charge on any atom is 0.141 e. The molecule has 4 aliphatic carbocycles. The van der Waals surface area contributed by atoms with Gasteiger partial charge in [-0.05, 0) is 148 Å². The van der Waals surface area contributed by atoms with Crippen LogP contribution in [0.3, 0.4) is 0 Å². The normalized spacial score (nSPS) is 18.7. The number of hydrogen-bond donors (Lipinski definition) is 0. The molecular formula is C63H47N3. The summed E-state index contributed by atoms with van der Waals surface area (Å²) in [5.74, 6) is 0.486. The van der Waals surface area contributed by atoms with Crippen LogP contribution in [0.2, 0.25) is 0 Å². The average molecular weight is 846 g/mol. The van der Waals surface area contributed by atoms with Crippen LogP contribution in [0.4, 0.5) is 5.69 Å². The Morgan fingerprint density at radius 2 is 1.38 bits per heavy atom. The van der Waals surface area contributed by atoms with Crippen molar-refractivity contribution in [2.45, 2.75) is 38.0 Å². The topological polar surface area (TPSA) is 29.7 Å². The summed E-state index contributed by atoms with van der Waals surface area (Å²) in [4.78, 5) is 9.98. The molecule has 0 saturated heterocycles. The number of rotatable bonds is 6. The van der Waals surface area contributed by atoms with Crippen LogP contribution in [0.15, 0.2) is 199 Å². The first kappa shape index (κ1) is 38.6. The average Bonchev–Trinajstić information content (AvgIpc) is 3.98. The van der Waals surface area contributed by atoms with Gasteiger partial charge in [0.05, 0.1) is 28.0 Å². The lowest BCUT2D eigenvalue weighted by Crippen LogP contribution is -2.33. The molecular weight excluding hydrogens is 799 g/mol. The Kier molecular flexibility index (Phi) is 8.83. The number of hydrogen-bond acceptors (Lipinski definition) is 2. The molecule has 0 aliphatic heterocycles. The summed E-state index contributed by atoms with van der Waals surface area (Å²) in [5, 5.41) is 1.28. The Labute approximate surface area is 386 Å². The second-order valence-electron chi connectivity index (χ2n) is 18.3. The zero-order valence-electron chi connectivity index (χ0n) is 37.1. The van der Waals surface area contributed by atoms with Crippen LogP contribution in [0.25, 0.3) is 73.2 Å². The van der Waals surface area contributed by atoms with Crippen molar-refractivity contribution in [2.24, 2.45) is 10.9 Å². The Hall–Kier alpha value is -7.88. The van der Waals surface area contributed by atoms with Gasteiger partial charge in [0.1, 0.15) is 5.65 Å². The molecule has 1 spiro atoms. The highest BCUT2D eigenvalue weighted by Crippen LogP contribution is 2.66. The molecule has 0 radical (unpaired) electrons. The van der Waals surface area contributed by atoms with Gasteiger partial charge in [0, 0.05) is 34.6 Å².